The van der Waals surface area contributed by atoms with Crippen molar-refractivity contribution in [3.05, 3.63) is 11.3 Å². The lowest BCUT2D eigenvalue weighted by Gasteiger charge is -2.33. The van der Waals surface area contributed by atoms with E-state index in [-0.39, 0.29) is 30.0 Å². The van der Waals surface area contributed by atoms with Crippen molar-refractivity contribution in [1.29, 1.82) is 0 Å². The number of carbonyl (C=O) groups is 2. The van der Waals surface area contributed by atoms with Crippen LogP contribution in [0.4, 0.5) is 0 Å². The fourth-order valence-electron chi connectivity index (χ4n) is 3.78. The Balaban J connectivity index is 2.06. The average Bonchev–Trinajstić information content (AvgIpc) is 2.92. The Morgan fingerprint density at radius 3 is 2.77 bits per heavy atom. The normalized spacial score (nSPS) is 33.0. The van der Waals surface area contributed by atoms with Crippen LogP contribution in [0.5, 0.6) is 0 Å². The summed E-state index contributed by atoms with van der Waals surface area (Å²) in [7, 11) is 1.38. The summed E-state index contributed by atoms with van der Waals surface area (Å²) in [5.74, 6) is -1.11. The summed E-state index contributed by atoms with van der Waals surface area (Å²) >= 11 is 0. The van der Waals surface area contributed by atoms with Crippen LogP contribution < -0.4 is 0 Å². The molecular formula is C16H23NO5. The minimum atomic E-state index is -0.698. The fourth-order valence-corrected chi connectivity index (χ4v) is 3.78. The van der Waals surface area contributed by atoms with E-state index in [0.717, 1.165) is 12.8 Å². The molecule has 3 aliphatic heterocycles. The van der Waals surface area contributed by atoms with Crippen LogP contribution in [0.25, 0.3) is 0 Å². The molecule has 6 heteroatoms. The number of fused-ring (bicyclic) bond motifs is 3. The molecule has 22 heavy (non-hydrogen) atoms. The van der Waals surface area contributed by atoms with E-state index in [1.807, 2.05) is 20.8 Å². The highest BCUT2D eigenvalue weighted by molar-refractivity contribution is 5.95. The molecule has 0 aromatic carbocycles. The second-order valence-electron chi connectivity index (χ2n) is 6.58. The molecule has 2 fully saturated rings. The standard InChI is InChI=1S/C16H23NO5/c1-5-6-9-7-11(18)17-8-10-14(22-16(2,3)21-10)13(17)12(9)15(19)20-4/h9-10,14H,5-8H2,1-4H3/t9-,10-,14-/m1/s1. The SMILES string of the molecule is CCC[C@@H]1CC(=O)N2C[C@H]3OC(C)(C)O[C@H]3C2=C1C(=O)OC. The van der Waals surface area contributed by atoms with Crippen LogP contribution in [-0.4, -0.2) is 48.4 Å². The molecular weight excluding hydrogens is 286 g/mol. The topological polar surface area (TPSA) is 65.1 Å². The van der Waals surface area contributed by atoms with Gasteiger partial charge in [-0.1, -0.05) is 13.3 Å². The highest BCUT2D eigenvalue weighted by atomic mass is 16.8. The number of nitrogens with zero attached hydrogens (tertiary/aromatic N) is 1. The summed E-state index contributed by atoms with van der Waals surface area (Å²) in [6.07, 6.45) is 1.46. The maximum Gasteiger partial charge on any atom is 0.335 e. The van der Waals surface area contributed by atoms with Crippen molar-refractivity contribution < 1.29 is 23.8 Å². The van der Waals surface area contributed by atoms with E-state index in [9.17, 15) is 9.59 Å². The Labute approximate surface area is 130 Å². The molecule has 3 aliphatic rings. The van der Waals surface area contributed by atoms with Crippen molar-refractivity contribution >= 4 is 11.9 Å². The summed E-state index contributed by atoms with van der Waals surface area (Å²) in [6, 6.07) is 0. The molecule has 0 aliphatic carbocycles. The average molecular weight is 309 g/mol. The summed E-state index contributed by atoms with van der Waals surface area (Å²) in [5, 5.41) is 0. The number of hydrogen-bond acceptors (Lipinski definition) is 5. The molecule has 3 heterocycles. The minimum absolute atomic E-state index is 0.0421. The second kappa shape index (κ2) is 5.35. The van der Waals surface area contributed by atoms with Crippen LogP contribution in [0.2, 0.25) is 0 Å². The third kappa shape index (κ3) is 2.34. The second-order valence-corrected chi connectivity index (χ2v) is 6.58. The lowest BCUT2D eigenvalue weighted by atomic mass is 9.85. The summed E-state index contributed by atoms with van der Waals surface area (Å²) < 4.78 is 16.8. The predicted octanol–water partition coefficient (Wildman–Crippen LogP) is 1.60. The zero-order valence-electron chi connectivity index (χ0n) is 13.5. The first-order valence-electron chi connectivity index (χ1n) is 7.86. The number of methoxy groups -OCH3 is 1. The van der Waals surface area contributed by atoms with Gasteiger partial charge in [0, 0.05) is 12.3 Å². The number of esters is 1. The molecule has 0 saturated carbocycles. The van der Waals surface area contributed by atoms with Gasteiger partial charge in [0.1, 0.15) is 12.2 Å². The first-order chi connectivity index (χ1) is 10.4. The Morgan fingerprint density at radius 2 is 2.14 bits per heavy atom. The lowest BCUT2D eigenvalue weighted by Crippen LogP contribution is -2.40. The number of rotatable bonds is 3. The van der Waals surface area contributed by atoms with Crippen LogP contribution in [0.1, 0.15) is 40.0 Å². The maximum atomic E-state index is 12.4. The molecule has 3 rings (SSSR count). The van der Waals surface area contributed by atoms with E-state index < -0.39 is 5.79 Å². The van der Waals surface area contributed by atoms with Gasteiger partial charge in [0.25, 0.3) is 0 Å². The largest absolute Gasteiger partial charge is 0.466 e. The number of carbonyl (C=O) groups excluding carboxylic acids is 2. The highest BCUT2D eigenvalue weighted by Gasteiger charge is 2.55. The minimum Gasteiger partial charge on any atom is -0.466 e. The van der Waals surface area contributed by atoms with Crippen molar-refractivity contribution in [2.45, 2.75) is 58.0 Å². The van der Waals surface area contributed by atoms with Crippen LogP contribution in [0.15, 0.2) is 11.3 Å². The summed E-state index contributed by atoms with van der Waals surface area (Å²) in [6.45, 7) is 6.19. The first-order valence-corrected chi connectivity index (χ1v) is 7.86. The molecule has 6 nitrogen and oxygen atoms in total. The van der Waals surface area contributed by atoms with Crippen molar-refractivity contribution in [2.75, 3.05) is 13.7 Å². The number of ether oxygens (including phenoxy) is 3. The van der Waals surface area contributed by atoms with Gasteiger partial charge in [-0.25, -0.2) is 4.79 Å². The fraction of sp³-hybridized carbons (Fsp3) is 0.750. The molecule has 1 amide bonds. The van der Waals surface area contributed by atoms with E-state index in [0.29, 0.717) is 24.2 Å². The summed E-state index contributed by atoms with van der Waals surface area (Å²) in [5.41, 5.74) is 1.26. The van der Waals surface area contributed by atoms with Gasteiger partial charge < -0.3 is 19.1 Å². The Bertz CT molecular complexity index is 539. The predicted molar refractivity (Wildman–Crippen MR) is 77.6 cm³/mol. The molecule has 122 valence electrons. The van der Waals surface area contributed by atoms with Gasteiger partial charge in [-0.15, -0.1) is 0 Å². The number of amides is 1. The number of hydrogen-bond donors (Lipinski definition) is 0. The third-order valence-electron chi connectivity index (χ3n) is 4.56. The molecule has 2 saturated heterocycles. The van der Waals surface area contributed by atoms with Crippen LogP contribution in [0.3, 0.4) is 0 Å². The Morgan fingerprint density at radius 1 is 1.41 bits per heavy atom. The molecule has 0 spiro atoms. The van der Waals surface area contributed by atoms with Gasteiger partial charge in [0.05, 0.1) is 24.9 Å². The lowest BCUT2D eigenvalue weighted by molar-refractivity contribution is -0.157. The van der Waals surface area contributed by atoms with Crippen LogP contribution >= 0.6 is 0 Å². The molecule has 0 N–H and O–H groups in total. The van der Waals surface area contributed by atoms with E-state index in [1.165, 1.54) is 7.11 Å². The molecule has 0 aromatic rings. The van der Waals surface area contributed by atoms with Gasteiger partial charge in [0.2, 0.25) is 5.91 Å². The van der Waals surface area contributed by atoms with Crippen LogP contribution in [-0.2, 0) is 23.8 Å². The quantitative estimate of drug-likeness (QED) is 0.741. The maximum absolute atomic E-state index is 12.4. The van der Waals surface area contributed by atoms with Crippen molar-refractivity contribution in [1.82, 2.24) is 4.90 Å². The van der Waals surface area contributed by atoms with Crippen molar-refractivity contribution in [3.63, 3.8) is 0 Å². The van der Waals surface area contributed by atoms with E-state index >= 15 is 0 Å². The van der Waals surface area contributed by atoms with E-state index in [1.54, 1.807) is 4.90 Å². The van der Waals surface area contributed by atoms with Gasteiger partial charge in [-0.2, -0.15) is 0 Å². The molecule has 0 radical (unpaired) electrons. The third-order valence-corrected chi connectivity index (χ3v) is 4.56. The summed E-state index contributed by atoms with van der Waals surface area (Å²) in [4.78, 5) is 26.4. The Kier molecular flexibility index (Phi) is 3.77. The monoisotopic (exact) mass is 309 g/mol. The smallest absolute Gasteiger partial charge is 0.335 e. The Hall–Kier alpha value is -1.40. The molecule has 0 unspecified atom stereocenters. The molecule has 0 aromatic heterocycles. The zero-order valence-corrected chi connectivity index (χ0v) is 13.5. The van der Waals surface area contributed by atoms with E-state index in [2.05, 4.69) is 0 Å². The van der Waals surface area contributed by atoms with Crippen LogP contribution in [0, 0.1) is 5.92 Å². The van der Waals surface area contributed by atoms with Gasteiger partial charge in [-0.05, 0) is 20.3 Å². The first kappa shape index (κ1) is 15.5. The van der Waals surface area contributed by atoms with E-state index in [4.69, 9.17) is 14.2 Å². The van der Waals surface area contributed by atoms with Crippen molar-refractivity contribution in [2.24, 2.45) is 5.92 Å². The highest BCUT2D eigenvalue weighted by Crippen LogP contribution is 2.45. The van der Waals surface area contributed by atoms with Gasteiger partial charge >= 0.3 is 5.97 Å². The zero-order chi connectivity index (χ0) is 16.1. The van der Waals surface area contributed by atoms with Gasteiger partial charge in [-0.3, -0.25) is 4.79 Å². The molecule has 0 bridgehead atoms. The van der Waals surface area contributed by atoms with Gasteiger partial charge in [0.15, 0.2) is 5.79 Å². The van der Waals surface area contributed by atoms with Crippen molar-refractivity contribution in [3.8, 4) is 0 Å². The molecule has 3 atom stereocenters.